The van der Waals surface area contributed by atoms with Crippen LogP contribution in [-0.4, -0.2) is 119 Å². The second-order valence-corrected chi connectivity index (χ2v) is 23.0. The van der Waals surface area contributed by atoms with Crippen LogP contribution in [-0.2, 0) is 61.2 Å². The molecule has 3 unspecified atom stereocenters. The maximum atomic E-state index is 15.2. The molecule has 4 aromatic rings. The fourth-order valence-electron chi connectivity index (χ4n) is 10.5. The number of hydrogen-bond acceptors (Lipinski definition) is 9. The molecule has 16 heteroatoms. The molecule has 0 aromatic heterocycles. The molecule has 0 spiro atoms. The van der Waals surface area contributed by atoms with Crippen LogP contribution < -0.4 is 31.9 Å². The highest BCUT2D eigenvalue weighted by atomic mass is 16.2. The predicted octanol–water partition coefficient (Wildman–Crippen LogP) is 5.34. The molecule has 2 aliphatic heterocycles. The van der Waals surface area contributed by atoms with Crippen LogP contribution in [0.1, 0.15) is 124 Å². The molecular weight excluding hydrogens is 959 g/mol. The summed E-state index contributed by atoms with van der Waals surface area (Å²) >= 11 is 0. The van der Waals surface area contributed by atoms with Crippen molar-refractivity contribution in [3.8, 4) is 0 Å². The molecule has 1 aliphatic carbocycles. The molecule has 0 bridgehead atoms. The van der Waals surface area contributed by atoms with Crippen molar-refractivity contribution in [2.45, 2.75) is 155 Å². The van der Waals surface area contributed by atoms with Crippen molar-refractivity contribution in [3.63, 3.8) is 0 Å². The van der Waals surface area contributed by atoms with Gasteiger partial charge >= 0.3 is 0 Å². The number of likely N-dealkylation sites (N-methyl/N-ethyl adjacent to an activating group) is 2. The summed E-state index contributed by atoms with van der Waals surface area (Å²) in [5.74, 6) is -2.40. The highest BCUT2D eigenvalue weighted by Crippen LogP contribution is 2.33. The van der Waals surface area contributed by atoms with E-state index in [4.69, 9.17) is 0 Å². The summed E-state index contributed by atoms with van der Waals surface area (Å²) in [6.07, 6.45) is 3.02. The average molecular weight is 1040 g/mol. The number of fused-ring (bicyclic) bond motifs is 2. The van der Waals surface area contributed by atoms with E-state index in [0.29, 0.717) is 5.56 Å². The van der Waals surface area contributed by atoms with Crippen LogP contribution in [0.2, 0.25) is 0 Å². The SMILES string of the molecule is CN[C@@H](C)C(=O)NC(C(=O)N1Cc2ccccc2C[C@H]1C(=O)N(Cc1ccccc1)Cc1ccc(C(=O)NC2C[C@@H](C(=O)NC3CCCc4ccccc43)N(C(=O)[C@@H](NC(=O)[C@H](C)NC)C(C)(C)C)C2)cc1)C(C)(C)C. The minimum atomic E-state index is -0.963. The molecular formula is C60H79N9O7. The van der Waals surface area contributed by atoms with Crippen molar-refractivity contribution in [2.75, 3.05) is 20.6 Å². The first-order chi connectivity index (χ1) is 36.1. The molecule has 0 saturated carbocycles. The van der Waals surface area contributed by atoms with Crippen molar-refractivity contribution in [1.29, 1.82) is 0 Å². The molecule has 3 aliphatic rings. The Morgan fingerprint density at radius 2 is 1.14 bits per heavy atom. The molecule has 8 atom stereocenters. The van der Waals surface area contributed by atoms with Gasteiger partial charge in [-0.2, -0.15) is 0 Å². The summed E-state index contributed by atoms with van der Waals surface area (Å²) in [5, 5.41) is 18.2. The van der Waals surface area contributed by atoms with E-state index in [-0.39, 0.29) is 74.6 Å². The standard InChI is InChI=1S/C60H79N9O7/c1-37(61-9)52(70)65-50(59(3,4)5)57(75)68-35-44-23-15-14-22-43(44)31-49(68)56(74)67(33-39-19-12-11-13-20-39)34-40-27-29-42(30-28-40)54(72)63-45-32-48(55(73)64-47-26-18-24-41-21-16-17-25-46(41)47)69(36-45)58(76)51(60(6,7)8)66-53(71)38(2)62-10/h11-17,19-23,25,27-30,37-38,45,47-51,61-62H,18,24,26,31-36H2,1-10H3,(H,63,72)(H,64,73)(H,65,70)(H,66,71)/t37-,38-,45?,47?,48-,49-,50?,51+/m0/s1. The lowest BCUT2D eigenvalue weighted by Crippen LogP contribution is -2.62. The molecule has 7 rings (SSSR count). The normalized spacial score (nSPS) is 19.9. The Bertz CT molecular complexity index is 2740. The second-order valence-electron chi connectivity index (χ2n) is 23.0. The summed E-state index contributed by atoms with van der Waals surface area (Å²) in [5.41, 5.74) is 4.73. The van der Waals surface area contributed by atoms with E-state index in [2.05, 4.69) is 38.0 Å². The molecule has 7 amide bonds. The summed E-state index contributed by atoms with van der Waals surface area (Å²) in [6.45, 7) is 15.4. The molecule has 6 N–H and O–H groups in total. The average Bonchev–Trinajstić information content (AvgIpc) is 3.85. The van der Waals surface area contributed by atoms with E-state index < -0.39 is 64.9 Å². The lowest BCUT2D eigenvalue weighted by atomic mass is 9.84. The van der Waals surface area contributed by atoms with Crippen LogP contribution in [0.3, 0.4) is 0 Å². The first-order valence-corrected chi connectivity index (χ1v) is 26.8. The Morgan fingerprint density at radius 3 is 1.72 bits per heavy atom. The molecule has 0 radical (unpaired) electrons. The van der Waals surface area contributed by atoms with Gasteiger partial charge < -0.3 is 46.6 Å². The predicted molar refractivity (Wildman–Crippen MR) is 293 cm³/mol. The smallest absolute Gasteiger partial charge is 0.251 e. The third-order valence-electron chi connectivity index (χ3n) is 15.3. The first-order valence-electron chi connectivity index (χ1n) is 26.8. The van der Waals surface area contributed by atoms with Gasteiger partial charge in [-0.15, -0.1) is 0 Å². The van der Waals surface area contributed by atoms with Gasteiger partial charge in [0.15, 0.2) is 0 Å². The van der Waals surface area contributed by atoms with Gasteiger partial charge in [0.1, 0.15) is 24.2 Å². The van der Waals surface area contributed by atoms with Crippen molar-refractivity contribution >= 4 is 41.4 Å². The van der Waals surface area contributed by atoms with E-state index in [9.17, 15) is 28.8 Å². The van der Waals surface area contributed by atoms with Crippen LogP contribution in [0.25, 0.3) is 0 Å². The van der Waals surface area contributed by atoms with Gasteiger partial charge in [-0.05, 0) is 110 Å². The lowest BCUT2D eigenvalue weighted by Gasteiger charge is -2.42. The van der Waals surface area contributed by atoms with Crippen molar-refractivity contribution in [1.82, 2.24) is 46.6 Å². The Balaban J connectivity index is 1.12. The van der Waals surface area contributed by atoms with Gasteiger partial charge in [-0.25, -0.2) is 0 Å². The number of carbonyl (C=O) groups excluding carboxylic acids is 7. The Morgan fingerprint density at radius 1 is 0.618 bits per heavy atom. The van der Waals surface area contributed by atoms with Crippen LogP contribution in [0.15, 0.2) is 103 Å². The number of aryl methyl sites for hydroxylation is 1. The first kappa shape index (κ1) is 56.8. The van der Waals surface area contributed by atoms with E-state index >= 15 is 4.79 Å². The van der Waals surface area contributed by atoms with E-state index in [1.54, 1.807) is 62.0 Å². The third-order valence-corrected chi connectivity index (χ3v) is 15.3. The molecule has 4 aromatic carbocycles. The number of hydrogen-bond donors (Lipinski definition) is 6. The summed E-state index contributed by atoms with van der Waals surface area (Å²) in [7, 11) is 3.35. The van der Waals surface area contributed by atoms with E-state index in [1.807, 2.05) is 114 Å². The van der Waals surface area contributed by atoms with Gasteiger partial charge in [-0.1, -0.05) is 133 Å². The summed E-state index contributed by atoms with van der Waals surface area (Å²) in [6, 6.07) is 26.9. The topological polar surface area (TPSA) is 201 Å². The van der Waals surface area contributed by atoms with E-state index in [0.717, 1.165) is 47.1 Å². The molecule has 1 fully saturated rings. The highest BCUT2D eigenvalue weighted by molar-refractivity contribution is 5.97. The number of amides is 7. The summed E-state index contributed by atoms with van der Waals surface area (Å²) in [4.78, 5) is 105. The second kappa shape index (κ2) is 24.4. The number of rotatable bonds is 17. The van der Waals surface area contributed by atoms with Gasteiger partial charge in [0.05, 0.1) is 18.1 Å². The van der Waals surface area contributed by atoms with Crippen LogP contribution in [0.5, 0.6) is 0 Å². The van der Waals surface area contributed by atoms with Crippen molar-refractivity contribution in [3.05, 3.63) is 142 Å². The number of nitrogens with one attached hydrogen (secondary N) is 6. The molecule has 1 saturated heterocycles. The third kappa shape index (κ3) is 13.5. The largest absolute Gasteiger partial charge is 0.347 e. The zero-order valence-corrected chi connectivity index (χ0v) is 46.0. The molecule has 16 nitrogen and oxygen atoms in total. The Hall–Kier alpha value is -6.91. The van der Waals surface area contributed by atoms with Gasteiger partial charge in [0.2, 0.25) is 35.4 Å². The Kier molecular flexibility index (Phi) is 18.2. The van der Waals surface area contributed by atoms with Crippen LogP contribution in [0.4, 0.5) is 0 Å². The van der Waals surface area contributed by atoms with Gasteiger partial charge in [0, 0.05) is 44.2 Å². The minimum absolute atomic E-state index is 0.0473. The van der Waals surface area contributed by atoms with Gasteiger partial charge in [-0.3, -0.25) is 33.6 Å². The van der Waals surface area contributed by atoms with E-state index in [1.165, 1.54) is 10.5 Å². The lowest BCUT2D eigenvalue weighted by molar-refractivity contribution is -0.151. The highest BCUT2D eigenvalue weighted by Gasteiger charge is 2.47. The fraction of sp³-hybridized carbons (Fsp3) is 0.483. The molecule has 406 valence electrons. The minimum Gasteiger partial charge on any atom is -0.347 e. The molecule has 2 heterocycles. The van der Waals surface area contributed by atoms with Gasteiger partial charge in [0.25, 0.3) is 5.91 Å². The zero-order valence-electron chi connectivity index (χ0n) is 46.0. The maximum Gasteiger partial charge on any atom is 0.251 e. The van der Waals surface area contributed by atoms with Crippen molar-refractivity contribution in [2.24, 2.45) is 10.8 Å². The molecule has 76 heavy (non-hydrogen) atoms. The number of likely N-dealkylation sites (tertiary alicyclic amines) is 1. The number of nitrogens with zero attached hydrogens (tertiary/aromatic N) is 3. The fourth-order valence-corrected chi connectivity index (χ4v) is 10.5. The quantitative estimate of drug-likeness (QED) is 0.0808. The van der Waals surface area contributed by atoms with Crippen LogP contribution in [0, 0.1) is 10.8 Å². The monoisotopic (exact) mass is 1040 g/mol. The zero-order chi connectivity index (χ0) is 55.1. The Labute approximate surface area is 448 Å². The van der Waals surface area contributed by atoms with Crippen LogP contribution >= 0.6 is 0 Å². The maximum absolute atomic E-state index is 15.2. The summed E-state index contributed by atoms with van der Waals surface area (Å²) < 4.78 is 0. The number of carbonyl (C=O) groups is 7. The van der Waals surface area contributed by atoms with Crippen molar-refractivity contribution < 1.29 is 33.6 Å². The number of benzene rings is 4.